The first-order chi connectivity index (χ1) is 8.49. The van der Waals surface area contributed by atoms with Crippen LogP contribution in [0.5, 0.6) is 0 Å². The molecule has 0 radical (unpaired) electrons. The molecular weight excluding hydrogens is 273 g/mol. The summed E-state index contributed by atoms with van der Waals surface area (Å²) in [5.74, 6) is 0.103. The van der Waals surface area contributed by atoms with Crippen LogP contribution in [0.1, 0.15) is 16.8 Å². The van der Waals surface area contributed by atoms with Crippen molar-refractivity contribution < 1.29 is 0 Å². The molecule has 1 aromatic heterocycles. The van der Waals surface area contributed by atoms with Crippen molar-refractivity contribution >= 4 is 29.2 Å². The minimum Gasteiger partial charge on any atom is -0.369 e. The van der Waals surface area contributed by atoms with Gasteiger partial charge in [-0.2, -0.15) is 0 Å². The topological polar surface area (TPSA) is 71.8 Å². The van der Waals surface area contributed by atoms with Crippen molar-refractivity contribution in [3.63, 3.8) is 0 Å². The molecule has 0 aliphatic heterocycles. The number of benzene rings is 1. The molecule has 0 bridgehead atoms. The molecule has 0 fully saturated rings. The summed E-state index contributed by atoms with van der Waals surface area (Å²) in [6, 6.07) is 5.22. The van der Waals surface area contributed by atoms with E-state index < -0.39 is 0 Å². The van der Waals surface area contributed by atoms with Crippen LogP contribution in [-0.4, -0.2) is 9.97 Å². The van der Waals surface area contributed by atoms with Crippen molar-refractivity contribution in [1.29, 1.82) is 0 Å². The third-order valence-corrected chi connectivity index (χ3v) is 3.36. The number of halogens is 2. The second kappa shape index (κ2) is 5.00. The highest BCUT2D eigenvalue weighted by atomic mass is 35.5. The van der Waals surface area contributed by atoms with E-state index in [0.29, 0.717) is 33.3 Å². The van der Waals surface area contributed by atoms with Crippen LogP contribution in [0.4, 0.5) is 5.95 Å². The van der Waals surface area contributed by atoms with E-state index in [1.807, 2.05) is 0 Å². The molecule has 0 saturated heterocycles. The Morgan fingerprint density at radius 2 is 1.89 bits per heavy atom. The van der Waals surface area contributed by atoms with E-state index in [0.717, 1.165) is 0 Å². The lowest BCUT2D eigenvalue weighted by Gasteiger charge is -2.08. The fourth-order valence-electron chi connectivity index (χ4n) is 1.72. The van der Waals surface area contributed by atoms with Gasteiger partial charge in [-0.15, -0.1) is 0 Å². The van der Waals surface area contributed by atoms with Gasteiger partial charge in [0.05, 0.1) is 5.69 Å². The standard InChI is InChI=1S/C12H11Cl2N3O/c1-6-7(11(18)17-12(15)16-6)5-8-9(13)3-2-4-10(8)14/h2-4H,5H2,1H3,(H3,15,16,17,18). The smallest absolute Gasteiger partial charge is 0.256 e. The van der Waals surface area contributed by atoms with Gasteiger partial charge in [-0.1, -0.05) is 29.3 Å². The van der Waals surface area contributed by atoms with Gasteiger partial charge in [-0.25, -0.2) is 4.98 Å². The van der Waals surface area contributed by atoms with Crippen LogP contribution in [-0.2, 0) is 6.42 Å². The number of anilines is 1. The molecule has 94 valence electrons. The summed E-state index contributed by atoms with van der Waals surface area (Å²) in [6.45, 7) is 1.73. The fraction of sp³-hybridized carbons (Fsp3) is 0.167. The minimum absolute atomic E-state index is 0.103. The monoisotopic (exact) mass is 283 g/mol. The highest BCUT2D eigenvalue weighted by Crippen LogP contribution is 2.26. The van der Waals surface area contributed by atoms with Crippen molar-refractivity contribution in [3.8, 4) is 0 Å². The number of aromatic nitrogens is 2. The predicted octanol–water partition coefficient (Wildman–Crippen LogP) is 2.56. The summed E-state index contributed by atoms with van der Waals surface area (Å²) in [7, 11) is 0. The molecular formula is C12H11Cl2N3O. The Hall–Kier alpha value is -1.52. The number of rotatable bonds is 2. The molecule has 2 rings (SSSR count). The van der Waals surface area contributed by atoms with Crippen LogP contribution in [0, 0.1) is 6.92 Å². The molecule has 1 aromatic carbocycles. The quantitative estimate of drug-likeness (QED) is 0.890. The lowest BCUT2D eigenvalue weighted by Crippen LogP contribution is -2.19. The summed E-state index contributed by atoms with van der Waals surface area (Å²) < 4.78 is 0. The number of H-pyrrole nitrogens is 1. The molecule has 0 spiro atoms. The summed E-state index contributed by atoms with van der Waals surface area (Å²) in [5.41, 5.74) is 6.99. The molecule has 0 saturated carbocycles. The first-order valence-corrected chi connectivity index (χ1v) is 6.03. The Kier molecular flexibility index (Phi) is 3.59. The maximum absolute atomic E-state index is 11.8. The van der Waals surface area contributed by atoms with Gasteiger partial charge in [-0.3, -0.25) is 9.78 Å². The first kappa shape index (κ1) is 12.9. The molecule has 3 N–H and O–H groups in total. The zero-order chi connectivity index (χ0) is 13.3. The minimum atomic E-state index is -0.268. The lowest BCUT2D eigenvalue weighted by atomic mass is 10.1. The number of nitrogens with zero attached hydrogens (tertiary/aromatic N) is 1. The van der Waals surface area contributed by atoms with Gasteiger partial charge in [-0.05, 0) is 24.6 Å². The average Bonchev–Trinajstić information content (AvgIpc) is 2.26. The van der Waals surface area contributed by atoms with Crippen LogP contribution < -0.4 is 11.3 Å². The molecule has 0 aliphatic rings. The van der Waals surface area contributed by atoms with Crippen molar-refractivity contribution in [2.75, 3.05) is 5.73 Å². The van der Waals surface area contributed by atoms with E-state index in [9.17, 15) is 4.79 Å². The van der Waals surface area contributed by atoms with Gasteiger partial charge in [0.25, 0.3) is 5.56 Å². The van der Waals surface area contributed by atoms with Crippen LogP contribution >= 0.6 is 23.2 Å². The Labute approximate surface area is 114 Å². The van der Waals surface area contributed by atoms with Crippen LogP contribution in [0.3, 0.4) is 0 Å². The molecule has 18 heavy (non-hydrogen) atoms. The Morgan fingerprint density at radius 3 is 2.44 bits per heavy atom. The van der Waals surface area contributed by atoms with Gasteiger partial charge in [0, 0.05) is 22.0 Å². The average molecular weight is 284 g/mol. The lowest BCUT2D eigenvalue weighted by molar-refractivity contribution is 0.991. The second-order valence-corrected chi connectivity index (χ2v) is 4.71. The summed E-state index contributed by atoms with van der Waals surface area (Å²) in [6.07, 6.45) is 0.326. The number of aryl methyl sites for hydroxylation is 1. The number of hydrogen-bond acceptors (Lipinski definition) is 3. The number of nitrogens with one attached hydrogen (secondary N) is 1. The van der Waals surface area contributed by atoms with E-state index in [4.69, 9.17) is 28.9 Å². The third-order valence-electron chi connectivity index (χ3n) is 2.66. The number of nitrogens with two attached hydrogens (primary N) is 1. The van der Waals surface area contributed by atoms with E-state index in [-0.39, 0.29) is 11.5 Å². The van der Waals surface area contributed by atoms with E-state index in [1.54, 1.807) is 25.1 Å². The molecule has 1 heterocycles. The molecule has 0 atom stereocenters. The van der Waals surface area contributed by atoms with Crippen LogP contribution in [0.25, 0.3) is 0 Å². The molecule has 0 aliphatic carbocycles. The normalized spacial score (nSPS) is 10.6. The zero-order valence-electron chi connectivity index (χ0n) is 9.63. The van der Waals surface area contributed by atoms with Crippen molar-refractivity contribution in [1.82, 2.24) is 9.97 Å². The summed E-state index contributed by atoms with van der Waals surface area (Å²) in [4.78, 5) is 18.3. The number of aromatic amines is 1. The molecule has 0 unspecified atom stereocenters. The van der Waals surface area contributed by atoms with Gasteiger partial charge >= 0.3 is 0 Å². The number of hydrogen-bond donors (Lipinski definition) is 2. The van der Waals surface area contributed by atoms with Crippen LogP contribution in [0.2, 0.25) is 10.0 Å². The SMILES string of the molecule is Cc1nc(N)[nH]c(=O)c1Cc1c(Cl)cccc1Cl. The van der Waals surface area contributed by atoms with E-state index >= 15 is 0 Å². The molecule has 6 heteroatoms. The highest BCUT2D eigenvalue weighted by Gasteiger charge is 2.12. The number of nitrogen functional groups attached to an aromatic ring is 1. The van der Waals surface area contributed by atoms with Gasteiger partial charge in [0.2, 0.25) is 5.95 Å². The maximum atomic E-state index is 11.8. The maximum Gasteiger partial charge on any atom is 0.256 e. The summed E-state index contributed by atoms with van der Waals surface area (Å²) >= 11 is 12.1. The molecule has 0 amide bonds. The fourth-order valence-corrected chi connectivity index (χ4v) is 2.25. The van der Waals surface area contributed by atoms with Crippen molar-refractivity contribution in [3.05, 3.63) is 55.4 Å². The van der Waals surface area contributed by atoms with E-state index in [1.165, 1.54) is 0 Å². The third kappa shape index (κ3) is 2.49. The molecule has 4 nitrogen and oxygen atoms in total. The Morgan fingerprint density at radius 1 is 1.28 bits per heavy atom. The van der Waals surface area contributed by atoms with Crippen LogP contribution in [0.15, 0.2) is 23.0 Å². The van der Waals surface area contributed by atoms with Crippen molar-refractivity contribution in [2.45, 2.75) is 13.3 Å². The Balaban J connectivity index is 2.50. The zero-order valence-corrected chi connectivity index (χ0v) is 11.1. The van der Waals surface area contributed by atoms with Gasteiger partial charge < -0.3 is 5.73 Å². The second-order valence-electron chi connectivity index (χ2n) is 3.89. The predicted molar refractivity (Wildman–Crippen MR) is 73.3 cm³/mol. The first-order valence-electron chi connectivity index (χ1n) is 5.27. The van der Waals surface area contributed by atoms with E-state index in [2.05, 4.69) is 9.97 Å². The largest absolute Gasteiger partial charge is 0.369 e. The summed E-state index contributed by atoms with van der Waals surface area (Å²) in [5, 5.41) is 1.05. The van der Waals surface area contributed by atoms with Gasteiger partial charge in [0.15, 0.2) is 0 Å². The Bertz CT molecular complexity index is 632. The van der Waals surface area contributed by atoms with Gasteiger partial charge in [0.1, 0.15) is 0 Å². The van der Waals surface area contributed by atoms with Crippen molar-refractivity contribution in [2.24, 2.45) is 0 Å². The highest BCUT2D eigenvalue weighted by molar-refractivity contribution is 6.36. The molecule has 2 aromatic rings.